The van der Waals surface area contributed by atoms with E-state index in [-0.39, 0.29) is 17.5 Å². The van der Waals surface area contributed by atoms with Crippen LogP contribution in [0.3, 0.4) is 0 Å². The number of halogens is 2. The van der Waals surface area contributed by atoms with Crippen molar-refractivity contribution in [1.82, 2.24) is 5.32 Å². The van der Waals surface area contributed by atoms with Gasteiger partial charge in [0, 0.05) is 23.7 Å². The van der Waals surface area contributed by atoms with Crippen molar-refractivity contribution in [3.63, 3.8) is 0 Å². The van der Waals surface area contributed by atoms with Crippen LogP contribution >= 0.6 is 11.6 Å². The number of likely N-dealkylation sites (N-methyl/N-ethyl adjacent to an activating group) is 1. The van der Waals surface area contributed by atoms with E-state index in [9.17, 15) is 4.39 Å². The minimum Gasteiger partial charge on any atom is -0.377 e. The van der Waals surface area contributed by atoms with E-state index in [0.717, 1.165) is 13.0 Å². The highest BCUT2D eigenvalue weighted by Crippen LogP contribution is 2.27. The highest BCUT2D eigenvalue weighted by molar-refractivity contribution is 6.31. The standard InChI is InChI=1S/C15H23ClFNO/c1-5-15(3,19-4)14(18-6-2)10-11-12(16)8-7-9-13(11)17/h7-9,14,18H,5-6,10H2,1-4H3. The van der Waals surface area contributed by atoms with E-state index in [1.165, 1.54) is 6.07 Å². The summed E-state index contributed by atoms with van der Waals surface area (Å²) in [5.41, 5.74) is 0.202. The van der Waals surface area contributed by atoms with Gasteiger partial charge in [-0.15, -0.1) is 0 Å². The SMILES string of the molecule is CCNC(Cc1c(F)cccc1Cl)C(C)(CC)OC. The molecule has 0 aliphatic rings. The summed E-state index contributed by atoms with van der Waals surface area (Å²) in [5.74, 6) is -0.259. The van der Waals surface area contributed by atoms with Crippen molar-refractivity contribution in [1.29, 1.82) is 0 Å². The van der Waals surface area contributed by atoms with Crippen molar-refractivity contribution in [2.75, 3.05) is 13.7 Å². The predicted molar refractivity (Wildman–Crippen MR) is 78.3 cm³/mol. The van der Waals surface area contributed by atoms with E-state index in [0.29, 0.717) is 17.0 Å². The van der Waals surface area contributed by atoms with E-state index in [4.69, 9.17) is 16.3 Å². The third-order valence-electron chi connectivity index (χ3n) is 3.83. The maximum atomic E-state index is 13.9. The molecule has 1 aromatic carbocycles. The van der Waals surface area contributed by atoms with Gasteiger partial charge in [0.2, 0.25) is 0 Å². The van der Waals surface area contributed by atoms with E-state index in [1.807, 2.05) is 13.8 Å². The van der Waals surface area contributed by atoms with E-state index in [1.54, 1.807) is 19.2 Å². The van der Waals surface area contributed by atoms with Crippen molar-refractivity contribution >= 4 is 11.6 Å². The zero-order valence-corrected chi connectivity index (χ0v) is 12.9. The molecule has 1 rings (SSSR count). The van der Waals surface area contributed by atoms with Crippen LogP contribution in [-0.2, 0) is 11.2 Å². The number of benzene rings is 1. The minimum absolute atomic E-state index is 0.0156. The summed E-state index contributed by atoms with van der Waals surface area (Å²) in [6.07, 6.45) is 1.35. The van der Waals surface area contributed by atoms with Gasteiger partial charge in [-0.25, -0.2) is 4.39 Å². The Balaban J connectivity index is 3.02. The third kappa shape index (κ3) is 3.91. The van der Waals surface area contributed by atoms with Crippen molar-refractivity contribution in [2.24, 2.45) is 0 Å². The lowest BCUT2D eigenvalue weighted by atomic mass is 9.88. The molecule has 108 valence electrons. The molecule has 0 spiro atoms. The molecule has 4 heteroatoms. The Morgan fingerprint density at radius 1 is 1.42 bits per heavy atom. The van der Waals surface area contributed by atoms with Gasteiger partial charge < -0.3 is 10.1 Å². The van der Waals surface area contributed by atoms with E-state index >= 15 is 0 Å². The molecular weight excluding hydrogens is 265 g/mol. The Kier molecular flexibility index (Phi) is 6.24. The molecule has 0 saturated heterocycles. The van der Waals surface area contributed by atoms with Crippen LogP contribution in [0.15, 0.2) is 18.2 Å². The first kappa shape index (κ1) is 16.4. The van der Waals surface area contributed by atoms with Gasteiger partial charge in [0.05, 0.1) is 5.60 Å². The molecule has 2 unspecified atom stereocenters. The second-order valence-corrected chi connectivity index (χ2v) is 5.29. The molecule has 0 amide bonds. The van der Waals surface area contributed by atoms with Crippen molar-refractivity contribution in [3.8, 4) is 0 Å². The van der Waals surface area contributed by atoms with E-state index in [2.05, 4.69) is 12.2 Å². The second-order valence-electron chi connectivity index (χ2n) is 4.88. The number of methoxy groups -OCH3 is 1. The van der Waals surface area contributed by atoms with Crippen LogP contribution in [0.1, 0.15) is 32.8 Å². The first-order valence-electron chi connectivity index (χ1n) is 6.69. The van der Waals surface area contributed by atoms with Crippen LogP contribution in [0.5, 0.6) is 0 Å². The summed E-state index contributed by atoms with van der Waals surface area (Å²) in [6.45, 7) is 6.93. The number of hydrogen-bond acceptors (Lipinski definition) is 2. The zero-order chi connectivity index (χ0) is 14.5. The lowest BCUT2D eigenvalue weighted by Gasteiger charge is -2.36. The Labute approximate surface area is 120 Å². The first-order chi connectivity index (χ1) is 8.98. The molecule has 0 aliphatic carbocycles. The van der Waals surface area contributed by atoms with Crippen molar-refractivity contribution in [2.45, 2.75) is 45.3 Å². The van der Waals surface area contributed by atoms with E-state index < -0.39 is 0 Å². The van der Waals surface area contributed by atoms with Gasteiger partial charge in [-0.05, 0) is 38.4 Å². The Bertz CT molecular complexity index is 387. The largest absolute Gasteiger partial charge is 0.377 e. The Hall–Kier alpha value is -0.640. The number of hydrogen-bond donors (Lipinski definition) is 1. The third-order valence-corrected chi connectivity index (χ3v) is 4.18. The summed E-state index contributed by atoms with van der Waals surface area (Å²) in [5, 5.41) is 3.85. The molecule has 1 N–H and O–H groups in total. The predicted octanol–water partition coefficient (Wildman–Crippen LogP) is 3.81. The Morgan fingerprint density at radius 3 is 2.58 bits per heavy atom. The monoisotopic (exact) mass is 287 g/mol. The van der Waals surface area contributed by atoms with Crippen LogP contribution < -0.4 is 5.32 Å². The molecule has 0 aliphatic heterocycles. The topological polar surface area (TPSA) is 21.3 Å². The van der Waals surface area contributed by atoms with Crippen LogP contribution in [0.2, 0.25) is 5.02 Å². The minimum atomic E-state index is -0.346. The van der Waals surface area contributed by atoms with Crippen molar-refractivity contribution < 1.29 is 9.13 Å². The smallest absolute Gasteiger partial charge is 0.127 e. The lowest BCUT2D eigenvalue weighted by molar-refractivity contribution is -0.0285. The molecule has 2 nitrogen and oxygen atoms in total. The number of ether oxygens (including phenoxy) is 1. The quantitative estimate of drug-likeness (QED) is 0.823. The number of nitrogens with one attached hydrogen (secondary N) is 1. The molecular formula is C15H23ClFNO. The fraction of sp³-hybridized carbons (Fsp3) is 0.600. The fourth-order valence-corrected chi connectivity index (χ4v) is 2.45. The van der Waals surface area contributed by atoms with Gasteiger partial charge in [0.1, 0.15) is 5.82 Å². The van der Waals surface area contributed by atoms with Gasteiger partial charge in [0.15, 0.2) is 0 Å². The van der Waals surface area contributed by atoms with Gasteiger partial charge in [-0.3, -0.25) is 0 Å². The highest BCUT2D eigenvalue weighted by Gasteiger charge is 2.33. The molecule has 0 heterocycles. The maximum Gasteiger partial charge on any atom is 0.127 e. The second kappa shape index (κ2) is 7.22. The van der Waals surface area contributed by atoms with Gasteiger partial charge in [-0.2, -0.15) is 0 Å². The summed E-state index contributed by atoms with van der Waals surface area (Å²) < 4.78 is 19.5. The zero-order valence-electron chi connectivity index (χ0n) is 12.1. The summed E-state index contributed by atoms with van der Waals surface area (Å²) >= 11 is 6.10. The summed E-state index contributed by atoms with van der Waals surface area (Å²) in [6, 6.07) is 4.81. The summed E-state index contributed by atoms with van der Waals surface area (Å²) in [7, 11) is 1.69. The normalized spacial score (nSPS) is 16.1. The van der Waals surface area contributed by atoms with Crippen molar-refractivity contribution in [3.05, 3.63) is 34.6 Å². The molecule has 0 saturated carbocycles. The van der Waals surface area contributed by atoms with Crippen LogP contribution in [0, 0.1) is 5.82 Å². The fourth-order valence-electron chi connectivity index (χ4n) is 2.21. The van der Waals surface area contributed by atoms with Crippen LogP contribution in [-0.4, -0.2) is 25.3 Å². The highest BCUT2D eigenvalue weighted by atomic mass is 35.5. The molecule has 19 heavy (non-hydrogen) atoms. The van der Waals surface area contributed by atoms with Gasteiger partial charge >= 0.3 is 0 Å². The summed E-state index contributed by atoms with van der Waals surface area (Å²) in [4.78, 5) is 0. The average Bonchev–Trinajstić information content (AvgIpc) is 2.41. The van der Waals surface area contributed by atoms with Gasteiger partial charge in [0.25, 0.3) is 0 Å². The average molecular weight is 288 g/mol. The first-order valence-corrected chi connectivity index (χ1v) is 7.07. The lowest BCUT2D eigenvalue weighted by Crippen LogP contribution is -2.51. The molecule has 0 aromatic heterocycles. The Morgan fingerprint density at radius 2 is 2.11 bits per heavy atom. The van der Waals surface area contributed by atoms with Gasteiger partial charge in [-0.1, -0.05) is 31.5 Å². The number of rotatable bonds is 7. The molecule has 2 atom stereocenters. The maximum absolute atomic E-state index is 13.9. The molecule has 0 radical (unpaired) electrons. The molecule has 0 bridgehead atoms. The van der Waals surface area contributed by atoms with Crippen LogP contribution in [0.4, 0.5) is 4.39 Å². The van der Waals surface area contributed by atoms with Crippen LogP contribution in [0.25, 0.3) is 0 Å². The molecule has 1 aromatic rings. The molecule has 0 fully saturated rings.